The van der Waals surface area contributed by atoms with Crippen LogP contribution in [-0.4, -0.2) is 36.6 Å². The van der Waals surface area contributed by atoms with Gasteiger partial charge < -0.3 is 21.5 Å². The third-order valence-electron chi connectivity index (χ3n) is 8.97. The maximum atomic E-state index is 13.8. The number of nitrogens with one attached hydrogen (secondary N) is 2. The van der Waals surface area contributed by atoms with Crippen LogP contribution in [0.2, 0.25) is 10.0 Å². The Morgan fingerprint density at radius 2 is 1.35 bits per heavy atom. The Balaban J connectivity index is 1.13. The first-order chi connectivity index (χ1) is 26.1. The van der Waals surface area contributed by atoms with E-state index in [0.717, 1.165) is 11.1 Å². The number of aromatic hydroxyl groups is 1. The minimum atomic E-state index is -0.527. The molecule has 0 fully saturated rings. The van der Waals surface area contributed by atoms with Gasteiger partial charge in [-0.1, -0.05) is 65.7 Å². The van der Waals surface area contributed by atoms with E-state index in [2.05, 4.69) is 15.6 Å². The van der Waals surface area contributed by atoms with Gasteiger partial charge in [-0.05, 0) is 66.2 Å². The highest BCUT2D eigenvalue weighted by Gasteiger charge is 2.26. The lowest BCUT2D eigenvalue weighted by Gasteiger charge is -2.09. The van der Waals surface area contributed by atoms with Crippen LogP contribution in [-0.2, 0) is 0 Å². The van der Waals surface area contributed by atoms with Crippen molar-refractivity contribution in [2.75, 3.05) is 10.6 Å². The van der Waals surface area contributed by atoms with E-state index in [4.69, 9.17) is 28.9 Å². The number of carbonyl (C=O) groups excluding carboxylic acids is 3. The molecule has 0 spiro atoms. The number of aromatic nitrogens is 4. The molecule has 0 radical (unpaired) electrons. The highest BCUT2D eigenvalue weighted by atomic mass is 35.5. The number of halogens is 2. The van der Waals surface area contributed by atoms with Crippen molar-refractivity contribution in [3.8, 4) is 33.7 Å². The molecular weight excluding hydrogens is 725 g/mol. The molecule has 5 N–H and O–H groups in total. The number of rotatable bonds is 8. The van der Waals surface area contributed by atoms with E-state index in [9.17, 15) is 19.5 Å². The van der Waals surface area contributed by atoms with Gasteiger partial charge in [-0.2, -0.15) is 8.97 Å². The largest absolute Gasteiger partial charge is 0.507 e. The molecule has 0 bridgehead atoms. The van der Waals surface area contributed by atoms with Crippen molar-refractivity contribution < 1.29 is 24.1 Å². The molecule has 4 aromatic heterocycles. The molecule has 0 atom stereocenters. The van der Waals surface area contributed by atoms with E-state index in [1.165, 1.54) is 6.20 Å². The number of carbonyl (C=O) groups is 3. The van der Waals surface area contributed by atoms with Crippen LogP contribution in [0.25, 0.3) is 39.2 Å². The lowest BCUT2D eigenvalue weighted by Crippen LogP contribution is -2.29. The number of para-hydroxylation sites is 2. The van der Waals surface area contributed by atoms with Crippen molar-refractivity contribution in [3.05, 3.63) is 167 Å². The maximum Gasteiger partial charge on any atom is 0.299 e. The van der Waals surface area contributed by atoms with Crippen molar-refractivity contribution in [1.29, 1.82) is 0 Å². The summed E-state index contributed by atoms with van der Waals surface area (Å²) in [6.07, 6.45) is 6.72. The molecule has 3 amide bonds. The van der Waals surface area contributed by atoms with Crippen LogP contribution in [0.5, 0.6) is 5.75 Å². The van der Waals surface area contributed by atoms with Gasteiger partial charge in [-0.15, -0.1) is 0 Å². The Morgan fingerprint density at radius 1 is 0.685 bits per heavy atom. The molecule has 54 heavy (non-hydrogen) atoms. The zero-order chi connectivity index (χ0) is 37.5. The Bertz CT molecular complexity index is 2790. The molecular formula is C41H28Cl2N7O4+. The molecule has 4 aromatic carbocycles. The minimum Gasteiger partial charge on any atom is -0.507 e. The number of nitrogens with two attached hydrogens (primary N) is 1. The van der Waals surface area contributed by atoms with Crippen LogP contribution in [0.15, 0.2) is 140 Å². The summed E-state index contributed by atoms with van der Waals surface area (Å²) in [7, 11) is 0. The average Bonchev–Trinajstić information content (AvgIpc) is 3.78. The molecule has 0 aliphatic carbocycles. The number of nitrogens with zero attached hydrogens (tertiary/aromatic N) is 4. The van der Waals surface area contributed by atoms with Gasteiger partial charge >= 0.3 is 0 Å². The molecule has 13 heteroatoms. The number of benzene rings is 4. The van der Waals surface area contributed by atoms with Gasteiger partial charge in [0.15, 0.2) is 0 Å². The smallest absolute Gasteiger partial charge is 0.299 e. The third kappa shape index (κ3) is 6.38. The fourth-order valence-corrected chi connectivity index (χ4v) is 6.63. The number of phenolic OH excluding ortho intramolecular Hbond substituents is 1. The number of hydrogen-bond acceptors (Lipinski definition) is 5. The summed E-state index contributed by atoms with van der Waals surface area (Å²) >= 11 is 13.2. The Kier molecular flexibility index (Phi) is 8.78. The summed E-state index contributed by atoms with van der Waals surface area (Å²) in [6.45, 7) is 0. The molecule has 0 saturated heterocycles. The molecule has 0 aliphatic rings. The number of primary amides is 1. The van der Waals surface area contributed by atoms with E-state index in [-0.39, 0.29) is 16.5 Å². The second kappa shape index (κ2) is 13.9. The van der Waals surface area contributed by atoms with Gasteiger partial charge in [0.05, 0.1) is 27.6 Å². The second-order valence-corrected chi connectivity index (χ2v) is 13.1. The number of fused-ring (bicyclic) bond motifs is 2. The molecule has 11 nitrogen and oxygen atoms in total. The first-order valence-corrected chi connectivity index (χ1v) is 17.3. The van der Waals surface area contributed by atoms with Crippen molar-refractivity contribution in [2.24, 2.45) is 5.73 Å². The first kappa shape index (κ1) is 34.2. The van der Waals surface area contributed by atoms with Gasteiger partial charge in [-0.25, -0.2) is 4.98 Å². The molecule has 8 rings (SSSR count). The van der Waals surface area contributed by atoms with Crippen molar-refractivity contribution in [1.82, 2.24) is 13.8 Å². The first-order valence-electron chi connectivity index (χ1n) is 16.5. The van der Waals surface area contributed by atoms with Crippen LogP contribution < -0.4 is 20.9 Å². The predicted octanol–water partition coefficient (Wildman–Crippen LogP) is 7.81. The monoisotopic (exact) mass is 752 g/mol. The average molecular weight is 754 g/mol. The Morgan fingerprint density at radius 3 is 2.09 bits per heavy atom. The number of imidazole rings is 2. The van der Waals surface area contributed by atoms with Gasteiger partial charge in [0, 0.05) is 40.6 Å². The normalized spacial score (nSPS) is 11.1. The molecule has 8 aromatic rings. The number of amides is 3. The summed E-state index contributed by atoms with van der Waals surface area (Å²) in [4.78, 5) is 43.4. The second-order valence-electron chi connectivity index (χ2n) is 12.3. The van der Waals surface area contributed by atoms with E-state index in [1.807, 2.05) is 35.0 Å². The standard InChI is InChI=1S/C41H27Cl2N7O4/c42-30-6-2-3-7-32(30)46-41(54)35-23-48(38-18-14-26(21-50(35)38)24-9-11-25(12-10-24)39(44)52)28-15-16-33(31(43)19-28)47-40(53)34-20-45-37-17-13-27(22-49(34)37)29-5-1-4-8-36(29)51/h1-23H,(H4-,44,46,47,51,52,53,54)/p+1. The lowest BCUT2D eigenvalue weighted by atomic mass is 10.1. The van der Waals surface area contributed by atoms with E-state index in [0.29, 0.717) is 55.8 Å². The highest BCUT2D eigenvalue weighted by molar-refractivity contribution is 6.34. The quantitative estimate of drug-likeness (QED) is 0.117. The summed E-state index contributed by atoms with van der Waals surface area (Å²) in [6, 6.07) is 33.3. The van der Waals surface area contributed by atoms with E-state index >= 15 is 0 Å². The molecule has 0 saturated carbocycles. The van der Waals surface area contributed by atoms with Crippen LogP contribution in [0.4, 0.5) is 11.4 Å². The van der Waals surface area contributed by atoms with Crippen molar-refractivity contribution >= 4 is 63.6 Å². The fourth-order valence-electron chi connectivity index (χ4n) is 6.22. The molecule has 0 unspecified atom stereocenters. The highest BCUT2D eigenvalue weighted by Crippen LogP contribution is 2.30. The van der Waals surface area contributed by atoms with Gasteiger partial charge in [0.25, 0.3) is 17.5 Å². The SMILES string of the molecule is NC(=O)c1ccc(-c2ccc3n(c2)c(C(=O)Nc2ccccc2Cl)c[n+]3-c2ccc(NC(=O)c3cnc4ccc(-c5ccccc5O)cn34)c(Cl)c2)cc1. The maximum absolute atomic E-state index is 13.8. The zero-order valence-electron chi connectivity index (χ0n) is 28.1. The number of phenols is 1. The molecule has 264 valence electrons. The third-order valence-corrected chi connectivity index (χ3v) is 9.62. The lowest BCUT2D eigenvalue weighted by molar-refractivity contribution is -0.566. The summed E-state index contributed by atoms with van der Waals surface area (Å²) in [5.41, 5.74) is 11.9. The number of pyridine rings is 2. The number of anilines is 2. The zero-order valence-corrected chi connectivity index (χ0v) is 29.6. The van der Waals surface area contributed by atoms with E-state index < -0.39 is 17.7 Å². The fraction of sp³-hybridized carbons (Fsp3) is 0. The van der Waals surface area contributed by atoms with Gasteiger partial charge in [0.1, 0.15) is 35.2 Å². The minimum absolute atomic E-state index is 0.119. The van der Waals surface area contributed by atoms with Crippen LogP contribution in [0, 0.1) is 0 Å². The summed E-state index contributed by atoms with van der Waals surface area (Å²) < 4.78 is 5.21. The van der Waals surface area contributed by atoms with Gasteiger partial charge in [0.2, 0.25) is 11.6 Å². The van der Waals surface area contributed by atoms with Crippen LogP contribution in [0.3, 0.4) is 0 Å². The van der Waals surface area contributed by atoms with Crippen molar-refractivity contribution in [3.63, 3.8) is 0 Å². The topological polar surface area (TPSA) is 147 Å². The Labute approximate surface area is 317 Å². The molecule has 0 aliphatic heterocycles. The molecule has 4 heterocycles. The van der Waals surface area contributed by atoms with Crippen molar-refractivity contribution in [2.45, 2.75) is 0 Å². The number of hydrogen-bond donors (Lipinski definition) is 4. The summed E-state index contributed by atoms with van der Waals surface area (Å²) in [5.74, 6) is -1.26. The predicted molar refractivity (Wildman–Crippen MR) is 208 cm³/mol. The van der Waals surface area contributed by atoms with Crippen LogP contribution in [0.1, 0.15) is 31.3 Å². The van der Waals surface area contributed by atoms with Gasteiger partial charge in [-0.3, -0.25) is 18.8 Å². The summed E-state index contributed by atoms with van der Waals surface area (Å²) in [5, 5.41) is 16.8. The van der Waals surface area contributed by atoms with Crippen LogP contribution >= 0.6 is 23.2 Å². The van der Waals surface area contributed by atoms with E-state index in [1.54, 1.807) is 112 Å². The Hall–Kier alpha value is -6.95.